The minimum Gasteiger partial charge on any atom is -0.502 e. The van der Waals surface area contributed by atoms with Crippen molar-refractivity contribution in [2.45, 2.75) is 0 Å². The molecule has 2 rings (SSSR count). The molecule has 0 fully saturated rings. The predicted molar refractivity (Wildman–Crippen MR) is 66.8 cm³/mol. The third-order valence-electron chi connectivity index (χ3n) is 2.12. The lowest BCUT2D eigenvalue weighted by Crippen LogP contribution is -1.99. The lowest BCUT2D eigenvalue weighted by molar-refractivity contribution is -0.135. The maximum atomic E-state index is 10.4. The first kappa shape index (κ1) is 12.6. The van der Waals surface area contributed by atoms with Crippen LogP contribution in [0.3, 0.4) is 0 Å². The van der Waals surface area contributed by atoms with Gasteiger partial charge in [-0.05, 0) is 12.1 Å². The van der Waals surface area contributed by atoms with Crippen molar-refractivity contribution in [3.8, 4) is 11.6 Å². The zero-order valence-corrected chi connectivity index (χ0v) is 9.72. The number of rotatable bonds is 4. The molecule has 0 spiro atoms. The van der Waals surface area contributed by atoms with Gasteiger partial charge < -0.3 is 14.9 Å². The number of hydrogen-bond donors (Lipinski definition) is 2. The summed E-state index contributed by atoms with van der Waals surface area (Å²) in [4.78, 5) is 18.3. The van der Waals surface area contributed by atoms with Gasteiger partial charge in [-0.15, -0.1) is 0 Å². The van der Waals surface area contributed by atoms with Crippen molar-refractivity contribution < 1.29 is 19.7 Å². The fourth-order valence-electron chi connectivity index (χ4n) is 1.26. The number of carboxylic acids is 1. The maximum absolute atomic E-state index is 10.4. The molecule has 0 saturated heterocycles. The zero-order chi connectivity index (χ0) is 13.7. The first-order valence-corrected chi connectivity index (χ1v) is 5.34. The summed E-state index contributed by atoms with van der Waals surface area (Å²) in [5.74, 6) is -1.33. The van der Waals surface area contributed by atoms with Gasteiger partial charge in [-0.1, -0.05) is 18.2 Å². The Morgan fingerprint density at radius 3 is 2.42 bits per heavy atom. The molecule has 0 aliphatic rings. The van der Waals surface area contributed by atoms with Gasteiger partial charge in [-0.2, -0.15) is 0 Å². The van der Waals surface area contributed by atoms with Crippen molar-refractivity contribution in [1.29, 1.82) is 0 Å². The number of ether oxygens (including phenoxy) is 1. The number of carbonyl (C=O) groups is 1. The second kappa shape index (κ2) is 5.63. The van der Waals surface area contributed by atoms with Crippen LogP contribution in [0.4, 0.5) is 0 Å². The van der Waals surface area contributed by atoms with Gasteiger partial charge >= 0.3 is 5.97 Å². The smallest absolute Gasteiger partial charge is 0.371 e. The number of aromatic nitrogens is 2. The molecule has 0 aliphatic heterocycles. The van der Waals surface area contributed by atoms with E-state index in [0.717, 1.165) is 6.08 Å². The van der Waals surface area contributed by atoms with Crippen LogP contribution in [0.15, 0.2) is 48.5 Å². The predicted octanol–water partition coefficient (Wildman–Crippen LogP) is 2.25. The van der Waals surface area contributed by atoms with Gasteiger partial charge in [0.2, 0.25) is 11.6 Å². The van der Waals surface area contributed by atoms with E-state index in [1.807, 2.05) is 18.2 Å². The molecule has 6 heteroatoms. The van der Waals surface area contributed by atoms with Crippen LogP contribution in [0.5, 0.6) is 11.6 Å². The summed E-state index contributed by atoms with van der Waals surface area (Å²) in [6.07, 6.45) is 3.65. The number of para-hydroxylation sites is 1. The molecule has 0 radical (unpaired) electrons. The summed E-state index contributed by atoms with van der Waals surface area (Å²) >= 11 is 0. The molecule has 96 valence electrons. The molecule has 1 aromatic carbocycles. The van der Waals surface area contributed by atoms with Gasteiger partial charge in [-0.25, -0.2) is 14.8 Å². The number of benzene rings is 1. The van der Waals surface area contributed by atoms with Crippen LogP contribution < -0.4 is 4.74 Å². The summed E-state index contributed by atoms with van der Waals surface area (Å²) < 4.78 is 5.41. The van der Waals surface area contributed by atoms with Gasteiger partial charge in [0, 0.05) is 6.08 Å². The summed E-state index contributed by atoms with van der Waals surface area (Å²) in [6.45, 7) is 0. The quantitative estimate of drug-likeness (QED) is 0.645. The number of nitrogens with zero attached hydrogens (tertiary/aromatic N) is 2. The van der Waals surface area contributed by atoms with Crippen molar-refractivity contribution in [1.82, 2.24) is 9.97 Å². The molecule has 1 heterocycles. The lowest BCUT2D eigenvalue weighted by Gasteiger charge is -2.03. The van der Waals surface area contributed by atoms with Crippen LogP contribution in [-0.2, 0) is 4.79 Å². The maximum Gasteiger partial charge on any atom is 0.371 e. The fourth-order valence-corrected chi connectivity index (χ4v) is 1.26. The highest BCUT2D eigenvalue weighted by Gasteiger charge is 2.05. The van der Waals surface area contributed by atoms with E-state index in [2.05, 4.69) is 9.97 Å². The second-order valence-corrected chi connectivity index (χ2v) is 3.53. The average molecular weight is 258 g/mol. The Labute approximate surface area is 108 Å². The van der Waals surface area contributed by atoms with Crippen molar-refractivity contribution >= 4 is 12.0 Å². The van der Waals surface area contributed by atoms with E-state index in [0.29, 0.717) is 5.75 Å². The minimum atomic E-state index is -1.42. The zero-order valence-electron chi connectivity index (χ0n) is 9.72. The third kappa shape index (κ3) is 3.53. The van der Waals surface area contributed by atoms with Crippen LogP contribution in [0, 0.1) is 0 Å². The number of aliphatic hydroxyl groups is 1. The minimum absolute atomic E-state index is 0.223. The molecule has 0 atom stereocenters. The molecule has 1 aromatic heterocycles. The normalized spacial score (nSPS) is 11.1. The van der Waals surface area contributed by atoms with E-state index in [1.165, 1.54) is 12.4 Å². The Balaban J connectivity index is 2.11. The van der Waals surface area contributed by atoms with Gasteiger partial charge in [0.25, 0.3) is 0 Å². The summed E-state index contributed by atoms with van der Waals surface area (Å²) in [5.41, 5.74) is 0.223. The Bertz CT molecular complexity index is 594. The topological polar surface area (TPSA) is 92.5 Å². The third-order valence-corrected chi connectivity index (χ3v) is 2.12. The molecule has 0 aliphatic carbocycles. The SMILES string of the molecule is O=C(O)C(O)=Cc1cnc(Oc2ccccc2)cn1. The molecular formula is C13H10N2O4. The van der Waals surface area contributed by atoms with E-state index in [1.54, 1.807) is 12.1 Å². The molecule has 2 aromatic rings. The van der Waals surface area contributed by atoms with Gasteiger partial charge in [0.05, 0.1) is 18.1 Å². The van der Waals surface area contributed by atoms with Crippen LogP contribution in [0.25, 0.3) is 6.08 Å². The molecule has 0 saturated carbocycles. The Kier molecular flexibility index (Phi) is 3.72. The first-order valence-electron chi connectivity index (χ1n) is 5.34. The Morgan fingerprint density at radius 1 is 1.11 bits per heavy atom. The van der Waals surface area contributed by atoms with Gasteiger partial charge in [-0.3, -0.25) is 0 Å². The average Bonchev–Trinajstić information content (AvgIpc) is 2.42. The standard InChI is InChI=1S/C13H10N2O4/c16-11(13(17)18)6-9-7-15-12(8-14-9)19-10-4-2-1-3-5-10/h1-8,16H,(H,17,18). The van der Waals surface area contributed by atoms with Crippen molar-refractivity contribution in [2.75, 3.05) is 0 Å². The number of aliphatic hydroxyl groups excluding tert-OH is 1. The van der Waals surface area contributed by atoms with E-state index in [4.69, 9.17) is 14.9 Å². The first-order chi connectivity index (χ1) is 9.15. The van der Waals surface area contributed by atoms with Gasteiger partial charge in [0.15, 0.2) is 0 Å². The van der Waals surface area contributed by atoms with E-state index < -0.39 is 11.7 Å². The van der Waals surface area contributed by atoms with E-state index in [9.17, 15) is 4.79 Å². The Hall–Kier alpha value is -2.89. The summed E-state index contributed by atoms with van der Waals surface area (Å²) in [6, 6.07) is 9.05. The highest BCUT2D eigenvalue weighted by molar-refractivity contribution is 5.88. The van der Waals surface area contributed by atoms with Crippen LogP contribution in [0.1, 0.15) is 5.69 Å². The molecular weight excluding hydrogens is 248 g/mol. The Morgan fingerprint density at radius 2 is 1.84 bits per heavy atom. The highest BCUT2D eigenvalue weighted by atomic mass is 16.5. The summed E-state index contributed by atoms with van der Waals surface area (Å²) in [7, 11) is 0. The second-order valence-electron chi connectivity index (χ2n) is 3.53. The largest absolute Gasteiger partial charge is 0.502 e. The number of carboxylic acid groups (broad SMARTS) is 1. The van der Waals surface area contributed by atoms with Gasteiger partial charge in [0.1, 0.15) is 5.75 Å². The summed E-state index contributed by atoms with van der Waals surface area (Å²) in [5, 5.41) is 17.5. The molecule has 6 nitrogen and oxygen atoms in total. The molecule has 0 unspecified atom stereocenters. The number of hydrogen-bond acceptors (Lipinski definition) is 5. The van der Waals surface area contributed by atoms with Crippen molar-refractivity contribution in [3.05, 3.63) is 54.2 Å². The highest BCUT2D eigenvalue weighted by Crippen LogP contribution is 2.17. The van der Waals surface area contributed by atoms with Crippen molar-refractivity contribution in [2.24, 2.45) is 0 Å². The van der Waals surface area contributed by atoms with Crippen LogP contribution >= 0.6 is 0 Å². The van der Waals surface area contributed by atoms with E-state index in [-0.39, 0.29) is 11.6 Å². The molecule has 0 bridgehead atoms. The number of aliphatic carboxylic acids is 1. The van der Waals surface area contributed by atoms with Crippen LogP contribution in [0.2, 0.25) is 0 Å². The molecule has 2 N–H and O–H groups in total. The van der Waals surface area contributed by atoms with E-state index >= 15 is 0 Å². The monoisotopic (exact) mass is 258 g/mol. The fraction of sp³-hybridized carbons (Fsp3) is 0. The molecule has 0 amide bonds. The lowest BCUT2D eigenvalue weighted by atomic mass is 10.3. The van der Waals surface area contributed by atoms with Crippen molar-refractivity contribution in [3.63, 3.8) is 0 Å². The molecule has 19 heavy (non-hydrogen) atoms. The van der Waals surface area contributed by atoms with Crippen LogP contribution in [-0.4, -0.2) is 26.2 Å².